The Morgan fingerprint density at radius 2 is 1.74 bits per heavy atom. The van der Waals surface area contributed by atoms with Crippen LogP contribution in [-0.2, 0) is 6.42 Å². The van der Waals surface area contributed by atoms with E-state index in [1.165, 1.54) is 12.1 Å². The number of halogens is 2. The molecule has 2 heterocycles. The molecule has 0 bridgehead atoms. The van der Waals surface area contributed by atoms with Gasteiger partial charge in [0.15, 0.2) is 0 Å². The number of pyridine rings is 1. The van der Waals surface area contributed by atoms with Crippen molar-refractivity contribution < 1.29 is 8.78 Å². The van der Waals surface area contributed by atoms with Crippen molar-refractivity contribution in [3.05, 3.63) is 96.5 Å². The van der Waals surface area contributed by atoms with Gasteiger partial charge in [0.05, 0.1) is 12.4 Å². The lowest BCUT2D eigenvalue weighted by Crippen LogP contribution is -2.26. The maximum Gasteiger partial charge on any atom is 0.135 e. The first-order valence-electron chi connectivity index (χ1n) is 8.84. The third-order valence-corrected chi connectivity index (χ3v) is 4.55. The highest BCUT2D eigenvalue weighted by Crippen LogP contribution is 2.22. The van der Waals surface area contributed by atoms with Crippen LogP contribution in [0.5, 0.6) is 0 Å². The maximum absolute atomic E-state index is 14.0. The summed E-state index contributed by atoms with van der Waals surface area (Å²) >= 11 is 0. The maximum atomic E-state index is 14.0. The van der Waals surface area contributed by atoms with Gasteiger partial charge >= 0.3 is 0 Å². The zero-order chi connectivity index (χ0) is 18.6. The summed E-state index contributed by atoms with van der Waals surface area (Å²) in [6.07, 6.45) is 4.87. The van der Waals surface area contributed by atoms with E-state index < -0.39 is 11.6 Å². The molecule has 1 aliphatic heterocycles. The quantitative estimate of drug-likeness (QED) is 0.648. The Balaban J connectivity index is 1.40. The van der Waals surface area contributed by atoms with E-state index in [0.29, 0.717) is 11.3 Å². The van der Waals surface area contributed by atoms with Gasteiger partial charge in [0, 0.05) is 48.4 Å². The molecule has 0 saturated carbocycles. The molecule has 0 fully saturated rings. The predicted molar refractivity (Wildman–Crippen MR) is 103 cm³/mol. The van der Waals surface area contributed by atoms with Gasteiger partial charge < -0.3 is 9.80 Å². The Bertz CT molecular complexity index is 957. The largest absolute Gasteiger partial charge is 0.358 e. The zero-order valence-electron chi connectivity index (χ0n) is 14.7. The van der Waals surface area contributed by atoms with Crippen LogP contribution in [0.3, 0.4) is 0 Å². The second-order valence-corrected chi connectivity index (χ2v) is 6.45. The van der Waals surface area contributed by atoms with E-state index in [0.717, 1.165) is 37.1 Å². The standard InChI is InChI=1S/C22H19F2N3/c23-17-9-10-20(21(24)15-17)22-8-4-5-18(25-22)11-12-26-13-14-27(16-26)19-6-2-1-3-7-19/h1-10,13-15H,11-12,16H2. The first-order chi connectivity index (χ1) is 13.2. The Hall–Kier alpha value is -3.21. The summed E-state index contributed by atoms with van der Waals surface area (Å²) < 4.78 is 27.1. The van der Waals surface area contributed by atoms with E-state index in [2.05, 4.69) is 39.3 Å². The van der Waals surface area contributed by atoms with Crippen molar-refractivity contribution in [2.45, 2.75) is 6.42 Å². The van der Waals surface area contributed by atoms with Crippen molar-refractivity contribution in [2.24, 2.45) is 0 Å². The van der Waals surface area contributed by atoms with Crippen molar-refractivity contribution in [1.82, 2.24) is 9.88 Å². The lowest BCUT2D eigenvalue weighted by atomic mass is 10.1. The number of aromatic nitrogens is 1. The smallest absolute Gasteiger partial charge is 0.135 e. The molecule has 0 spiro atoms. The first kappa shape index (κ1) is 17.2. The van der Waals surface area contributed by atoms with Gasteiger partial charge in [-0.25, -0.2) is 8.78 Å². The zero-order valence-corrected chi connectivity index (χ0v) is 14.7. The van der Waals surface area contributed by atoms with Crippen LogP contribution in [0.25, 0.3) is 11.3 Å². The van der Waals surface area contributed by atoms with E-state index in [1.54, 1.807) is 6.07 Å². The van der Waals surface area contributed by atoms with Gasteiger partial charge in [-0.1, -0.05) is 24.3 Å². The fourth-order valence-electron chi connectivity index (χ4n) is 3.12. The minimum Gasteiger partial charge on any atom is -0.358 e. The number of benzene rings is 2. The fraction of sp³-hybridized carbons (Fsp3) is 0.136. The number of anilines is 1. The van der Waals surface area contributed by atoms with Crippen molar-refractivity contribution in [2.75, 3.05) is 18.1 Å². The average Bonchev–Trinajstić information content (AvgIpc) is 3.16. The minimum atomic E-state index is -0.597. The average molecular weight is 363 g/mol. The van der Waals surface area contributed by atoms with Crippen LogP contribution < -0.4 is 4.90 Å². The highest BCUT2D eigenvalue weighted by molar-refractivity contribution is 5.60. The number of rotatable bonds is 5. The second-order valence-electron chi connectivity index (χ2n) is 6.45. The summed E-state index contributed by atoms with van der Waals surface area (Å²) in [6, 6.07) is 19.3. The second kappa shape index (κ2) is 7.58. The molecule has 27 heavy (non-hydrogen) atoms. The van der Waals surface area contributed by atoms with Crippen molar-refractivity contribution in [3.63, 3.8) is 0 Å². The Kier molecular flexibility index (Phi) is 4.83. The molecule has 0 aliphatic carbocycles. The molecule has 2 aromatic carbocycles. The van der Waals surface area contributed by atoms with Crippen LogP contribution in [0.1, 0.15) is 5.69 Å². The lowest BCUT2D eigenvalue weighted by Gasteiger charge is -2.21. The van der Waals surface area contributed by atoms with E-state index in [9.17, 15) is 8.78 Å². The molecule has 3 aromatic rings. The summed E-state index contributed by atoms with van der Waals surface area (Å²) in [5, 5.41) is 0. The molecule has 1 aliphatic rings. The van der Waals surface area contributed by atoms with Crippen LogP contribution >= 0.6 is 0 Å². The molecule has 0 N–H and O–H groups in total. The Morgan fingerprint density at radius 3 is 2.56 bits per heavy atom. The molecule has 0 unspecified atom stereocenters. The molecular weight excluding hydrogens is 344 g/mol. The van der Waals surface area contributed by atoms with Gasteiger partial charge in [0.1, 0.15) is 11.6 Å². The normalized spacial score (nSPS) is 13.4. The summed E-state index contributed by atoms with van der Waals surface area (Å²) in [6.45, 7) is 1.60. The van der Waals surface area contributed by atoms with Gasteiger partial charge in [-0.15, -0.1) is 0 Å². The highest BCUT2D eigenvalue weighted by atomic mass is 19.1. The molecule has 0 amide bonds. The van der Waals surface area contributed by atoms with Crippen LogP contribution in [0.15, 0.2) is 79.1 Å². The Labute approximate surface area is 157 Å². The molecule has 4 rings (SSSR count). The number of nitrogens with zero attached hydrogens (tertiary/aromatic N) is 3. The number of para-hydroxylation sites is 1. The van der Waals surface area contributed by atoms with E-state index >= 15 is 0 Å². The van der Waals surface area contributed by atoms with Crippen molar-refractivity contribution in [3.8, 4) is 11.3 Å². The number of hydrogen-bond donors (Lipinski definition) is 0. The first-order valence-corrected chi connectivity index (χ1v) is 8.84. The minimum absolute atomic E-state index is 0.314. The molecule has 3 nitrogen and oxygen atoms in total. The summed E-state index contributed by atoms with van der Waals surface area (Å²) in [4.78, 5) is 8.93. The monoisotopic (exact) mass is 363 g/mol. The SMILES string of the molecule is Fc1ccc(-c2cccc(CCN3C=CN(c4ccccc4)C3)n2)c(F)c1. The molecule has 5 heteroatoms. The Morgan fingerprint density at radius 1 is 0.889 bits per heavy atom. The van der Waals surface area contributed by atoms with Crippen LogP contribution in [0.4, 0.5) is 14.5 Å². The summed E-state index contributed by atoms with van der Waals surface area (Å²) in [5.41, 5.74) is 2.87. The molecule has 0 saturated heterocycles. The lowest BCUT2D eigenvalue weighted by molar-refractivity contribution is 0.409. The van der Waals surface area contributed by atoms with Crippen molar-refractivity contribution >= 4 is 5.69 Å². The van der Waals surface area contributed by atoms with Gasteiger partial charge in [0.2, 0.25) is 0 Å². The van der Waals surface area contributed by atoms with Gasteiger partial charge in [-0.3, -0.25) is 4.98 Å². The van der Waals surface area contributed by atoms with Gasteiger partial charge in [0.25, 0.3) is 0 Å². The molecule has 1 aromatic heterocycles. The number of hydrogen-bond acceptors (Lipinski definition) is 3. The molecule has 0 atom stereocenters. The highest BCUT2D eigenvalue weighted by Gasteiger charge is 2.14. The summed E-state index contributed by atoms with van der Waals surface area (Å²) in [7, 11) is 0. The van der Waals surface area contributed by atoms with Gasteiger partial charge in [-0.05, 0) is 36.4 Å². The van der Waals surface area contributed by atoms with Crippen molar-refractivity contribution in [1.29, 1.82) is 0 Å². The molecule has 136 valence electrons. The topological polar surface area (TPSA) is 19.4 Å². The van der Waals surface area contributed by atoms with E-state index in [-0.39, 0.29) is 0 Å². The van der Waals surface area contributed by atoms with Gasteiger partial charge in [-0.2, -0.15) is 0 Å². The van der Waals surface area contributed by atoms with E-state index in [4.69, 9.17) is 0 Å². The van der Waals surface area contributed by atoms with Crippen LogP contribution in [0, 0.1) is 11.6 Å². The third-order valence-electron chi connectivity index (χ3n) is 4.55. The van der Waals surface area contributed by atoms with E-state index in [1.807, 2.05) is 30.3 Å². The predicted octanol–water partition coefficient (Wildman–Crippen LogP) is 4.82. The molecule has 0 radical (unpaired) electrons. The summed E-state index contributed by atoms with van der Waals surface area (Å²) in [5.74, 6) is -1.18. The third kappa shape index (κ3) is 3.97. The fourth-order valence-corrected chi connectivity index (χ4v) is 3.12. The molecular formula is C22H19F2N3. The van der Waals surface area contributed by atoms with Crippen LogP contribution in [0.2, 0.25) is 0 Å². The van der Waals surface area contributed by atoms with Crippen LogP contribution in [-0.4, -0.2) is 23.1 Å².